The summed E-state index contributed by atoms with van der Waals surface area (Å²) in [6.45, 7) is 1.27. The fourth-order valence-electron chi connectivity index (χ4n) is 2.85. The Bertz CT molecular complexity index is 907. The smallest absolute Gasteiger partial charge is 0.245 e. The van der Waals surface area contributed by atoms with E-state index in [4.69, 9.17) is 11.6 Å². The second-order valence-electron chi connectivity index (χ2n) is 5.46. The van der Waals surface area contributed by atoms with Gasteiger partial charge in [0.25, 0.3) is 0 Å². The lowest BCUT2D eigenvalue weighted by Gasteiger charge is -2.34. The van der Waals surface area contributed by atoms with Gasteiger partial charge in [0, 0.05) is 39.1 Å². The zero-order chi connectivity index (χ0) is 17.3. The maximum Gasteiger partial charge on any atom is 0.245 e. The zero-order valence-electron chi connectivity index (χ0n) is 13.4. The maximum absolute atomic E-state index is 13.2. The molecule has 1 fully saturated rings. The number of imidazole rings is 1. The Labute approximate surface area is 157 Å². The van der Waals surface area contributed by atoms with Crippen molar-refractivity contribution in [3.8, 4) is 6.07 Å². The molecule has 1 aromatic carbocycles. The molecule has 1 aliphatic rings. The van der Waals surface area contributed by atoms with Gasteiger partial charge >= 0.3 is 0 Å². The number of benzene rings is 1. The normalized spacial score (nSPS) is 18.4. The van der Waals surface area contributed by atoms with Crippen molar-refractivity contribution in [3.63, 3.8) is 0 Å². The summed E-state index contributed by atoms with van der Waals surface area (Å²) in [6.07, 6.45) is 3.41. The average molecular weight is 402 g/mol. The maximum atomic E-state index is 13.2. The molecule has 0 saturated carbocycles. The number of nitrogens with one attached hydrogen (secondary N) is 1. The van der Waals surface area contributed by atoms with Gasteiger partial charge in [0.2, 0.25) is 10.0 Å². The van der Waals surface area contributed by atoms with Crippen LogP contribution >= 0.6 is 24.0 Å². The molecular formula is C15H17Cl2N5O2S. The second kappa shape index (κ2) is 7.72. The predicted molar refractivity (Wildman–Crippen MR) is 96.1 cm³/mol. The summed E-state index contributed by atoms with van der Waals surface area (Å²) < 4.78 is 29.6. The largest absolute Gasteiger partial charge is 0.337 e. The molecule has 1 saturated heterocycles. The number of nitriles is 1. The van der Waals surface area contributed by atoms with Gasteiger partial charge in [0.05, 0.1) is 16.6 Å². The van der Waals surface area contributed by atoms with Crippen molar-refractivity contribution in [1.29, 1.82) is 5.26 Å². The van der Waals surface area contributed by atoms with E-state index < -0.39 is 16.1 Å². The van der Waals surface area contributed by atoms with E-state index in [1.165, 1.54) is 22.5 Å². The summed E-state index contributed by atoms with van der Waals surface area (Å²) in [5, 5.41) is 12.6. The molecule has 0 bridgehead atoms. The molecule has 1 aliphatic heterocycles. The van der Waals surface area contributed by atoms with Gasteiger partial charge in [-0.1, -0.05) is 17.7 Å². The number of hydrogen-bond acceptors (Lipinski definition) is 5. The molecule has 1 unspecified atom stereocenters. The molecule has 7 nitrogen and oxygen atoms in total. The monoisotopic (exact) mass is 401 g/mol. The Hall–Kier alpha value is -1.63. The van der Waals surface area contributed by atoms with E-state index in [2.05, 4.69) is 10.3 Å². The SMILES string of the molecule is Cl.Cn1ccnc1C1CNCCN1S(=O)(=O)c1cccc(Cl)c1C#N. The van der Waals surface area contributed by atoms with Crippen molar-refractivity contribution in [1.82, 2.24) is 19.2 Å². The Morgan fingerprint density at radius 2 is 2.20 bits per heavy atom. The minimum Gasteiger partial charge on any atom is -0.337 e. The van der Waals surface area contributed by atoms with Crippen molar-refractivity contribution in [3.05, 3.63) is 47.0 Å². The Morgan fingerprint density at radius 3 is 2.84 bits per heavy atom. The average Bonchev–Trinajstić information content (AvgIpc) is 3.00. The van der Waals surface area contributed by atoms with Crippen molar-refractivity contribution in [2.75, 3.05) is 19.6 Å². The molecular weight excluding hydrogens is 385 g/mol. The van der Waals surface area contributed by atoms with Gasteiger partial charge in [-0.2, -0.15) is 9.57 Å². The van der Waals surface area contributed by atoms with Crippen LogP contribution in [0, 0.1) is 11.3 Å². The third-order valence-corrected chi connectivity index (χ3v) is 6.29. The number of nitrogens with zero attached hydrogens (tertiary/aromatic N) is 4. The Morgan fingerprint density at radius 1 is 1.44 bits per heavy atom. The van der Waals surface area contributed by atoms with E-state index in [9.17, 15) is 13.7 Å². The van der Waals surface area contributed by atoms with Crippen LogP contribution < -0.4 is 5.32 Å². The number of aromatic nitrogens is 2. The van der Waals surface area contributed by atoms with Crippen molar-refractivity contribution >= 4 is 34.0 Å². The van der Waals surface area contributed by atoms with E-state index in [0.29, 0.717) is 18.9 Å². The van der Waals surface area contributed by atoms with E-state index in [0.717, 1.165) is 0 Å². The lowest BCUT2D eigenvalue weighted by atomic mass is 10.2. The fraction of sp³-hybridized carbons (Fsp3) is 0.333. The number of hydrogen-bond donors (Lipinski definition) is 1. The van der Waals surface area contributed by atoms with Gasteiger partial charge < -0.3 is 9.88 Å². The molecule has 1 aromatic heterocycles. The number of piperazine rings is 1. The first-order valence-electron chi connectivity index (χ1n) is 7.35. The van der Waals surface area contributed by atoms with Gasteiger partial charge in [0.1, 0.15) is 16.8 Å². The molecule has 0 amide bonds. The summed E-state index contributed by atoms with van der Waals surface area (Å²) in [4.78, 5) is 4.21. The van der Waals surface area contributed by atoms with Crippen LogP contribution in [-0.4, -0.2) is 41.9 Å². The van der Waals surface area contributed by atoms with E-state index >= 15 is 0 Å². The summed E-state index contributed by atoms with van der Waals surface area (Å²) in [5.41, 5.74) is -0.0312. The highest BCUT2D eigenvalue weighted by atomic mass is 35.5. The number of aryl methyl sites for hydroxylation is 1. The van der Waals surface area contributed by atoms with Crippen LogP contribution in [0.1, 0.15) is 17.4 Å². The van der Waals surface area contributed by atoms with Crippen LogP contribution in [0.25, 0.3) is 0 Å². The minimum absolute atomic E-state index is 0. The molecule has 1 atom stereocenters. The van der Waals surface area contributed by atoms with E-state index in [1.807, 2.05) is 13.1 Å². The molecule has 0 spiro atoms. The number of sulfonamides is 1. The van der Waals surface area contributed by atoms with Crippen LogP contribution in [0.5, 0.6) is 0 Å². The fourth-order valence-corrected chi connectivity index (χ4v) is 4.87. The summed E-state index contributed by atoms with van der Waals surface area (Å²) in [6, 6.07) is 5.90. The summed E-state index contributed by atoms with van der Waals surface area (Å²) >= 11 is 6.00. The highest BCUT2D eigenvalue weighted by Crippen LogP contribution is 2.31. The van der Waals surface area contributed by atoms with Crippen LogP contribution in [0.15, 0.2) is 35.5 Å². The third-order valence-electron chi connectivity index (χ3n) is 4.02. The molecule has 2 heterocycles. The first kappa shape index (κ1) is 19.7. The summed E-state index contributed by atoms with van der Waals surface area (Å²) in [5.74, 6) is 0.645. The summed E-state index contributed by atoms with van der Waals surface area (Å²) in [7, 11) is -2.06. The van der Waals surface area contributed by atoms with E-state index in [1.54, 1.807) is 17.0 Å². The van der Waals surface area contributed by atoms with Crippen LogP contribution in [-0.2, 0) is 17.1 Å². The number of halogens is 2. The molecule has 0 radical (unpaired) electrons. The highest BCUT2D eigenvalue weighted by molar-refractivity contribution is 7.89. The molecule has 3 rings (SSSR count). The van der Waals surface area contributed by atoms with Gasteiger partial charge in [-0.15, -0.1) is 12.4 Å². The molecule has 1 N–H and O–H groups in total. The lowest BCUT2D eigenvalue weighted by Crippen LogP contribution is -2.49. The second-order valence-corrected chi connectivity index (χ2v) is 7.72. The predicted octanol–water partition coefficient (Wildman–Crippen LogP) is 1.70. The molecule has 25 heavy (non-hydrogen) atoms. The van der Waals surface area contributed by atoms with E-state index in [-0.39, 0.29) is 34.4 Å². The zero-order valence-corrected chi connectivity index (χ0v) is 15.8. The topological polar surface area (TPSA) is 91.0 Å². The quantitative estimate of drug-likeness (QED) is 0.844. The lowest BCUT2D eigenvalue weighted by molar-refractivity contribution is 0.258. The Kier molecular flexibility index (Phi) is 6.08. The highest BCUT2D eigenvalue weighted by Gasteiger charge is 2.37. The standard InChI is InChI=1S/C15H16ClN5O2S.ClH/c1-20-7-6-19-15(20)13-10-18-5-8-21(13)24(22,23)14-4-2-3-12(16)11(14)9-17;/h2-4,6-7,13,18H,5,8,10H2,1H3;1H. The van der Waals surface area contributed by atoms with Crippen LogP contribution in [0.3, 0.4) is 0 Å². The van der Waals surface area contributed by atoms with Gasteiger partial charge in [-0.05, 0) is 12.1 Å². The van der Waals surface area contributed by atoms with Crippen molar-refractivity contribution < 1.29 is 8.42 Å². The third kappa shape index (κ3) is 3.52. The van der Waals surface area contributed by atoms with Crippen LogP contribution in [0.2, 0.25) is 5.02 Å². The first-order valence-corrected chi connectivity index (χ1v) is 9.17. The number of rotatable bonds is 3. The minimum atomic E-state index is -3.89. The Balaban J connectivity index is 0.00000225. The first-order chi connectivity index (χ1) is 11.5. The van der Waals surface area contributed by atoms with Gasteiger partial charge in [-0.3, -0.25) is 0 Å². The van der Waals surface area contributed by atoms with Gasteiger partial charge in [-0.25, -0.2) is 13.4 Å². The van der Waals surface area contributed by atoms with Crippen LogP contribution in [0.4, 0.5) is 0 Å². The molecule has 2 aromatic rings. The molecule has 10 heteroatoms. The van der Waals surface area contributed by atoms with Crippen molar-refractivity contribution in [2.24, 2.45) is 7.05 Å². The van der Waals surface area contributed by atoms with Crippen molar-refractivity contribution in [2.45, 2.75) is 10.9 Å². The molecule has 0 aliphatic carbocycles. The van der Waals surface area contributed by atoms with Gasteiger partial charge in [0.15, 0.2) is 0 Å². The molecule has 134 valence electrons.